The lowest BCUT2D eigenvalue weighted by atomic mass is 10.1. The maximum absolute atomic E-state index is 12.6. The van der Waals surface area contributed by atoms with Gasteiger partial charge in [0.2, 0.25) is 0 Å². The number of hydrogen-bond acceptors (Lipinski definition) is 5. The van der Waals surface area contributed by atoms with Gasteiger partial charge in [-0.2, -0.15) is 0 Å². The zero-order chi connectivity index (χ0) is 19.6. The van der Waals surface area contributed by atoms with E-state index in [9.17, 15) is 13.2 Å². The van der Waals surface area contributed by atoms with Gasteiger partial charge in [-0.15, -0.1) is 0 Å². The van der Waals surface area contributed by atoms with Gasteiger partial charge >= 0.3 is 0 Å². The van der Waals surface area contributed by atoms with Crippen LogP contribution < -0.4 is 10.0 Å². The van der Waals surface area contributed by atoms with E-state index in [1.54, 1.807) is 13.0 Å². The number of aryl methyl sites for hydroxylation is 3. The normalized spacial score (nSPS) is 11.2. The van der Waals surface area contributed by atoms with E-state index in [2.05, 4.69) is 15.2 Å². The van der Waals surface area contributed by atoms with Crippen LogP contribution in [-0.4, -0.2) is 19.5 Å². The molecular formula is C19H19N3O4S. The summed E-state index contributed by atoms with van der Waals surface area (Å²) in [4.78, 5) is 12.3. The number of rotatable bonds is 5. The number of amides is 1. The maximum atomic E-state index is 12.6. The molecule has 0 spiro atoms. The number of benzene rings is 2. The molecule has 27 heavy (non-hydrogen) atoms. The van der Waals surface area contributed by atoms with Crippen molar-refractivity contribution >= 4 is 27.4 Å². The molecule has 1 aromatic heterocycles. The molecule has 0 aliphatic carbocycles. The highest BCUT2D eigenvalue weighted by Crippen LogP contribution is 2.23. The second-order valence-electron chi connectivity index (χ2n) is 6.17. The molecule has 7 nitrogen and oxygen atoms in total. The summed E-state index contributed by atoms with van der Waals surface area (Å²) in [5.41, 5.74) is 2.53. The van der Waals surface area contributed by atoms with Crippen molar-refractivity contribution in [2.45, 2.75) is 25.7 Å². The number of carbonyl (C=O) groups excluding carboxylic acids is 1. The van der Waals surface area contributed by atoms with Gasteiger partial charge in [-0.1, -0.05) is 23.4 Å². The molecule has 3 aromatic rings. The van der Waals surface area contributed by atoms with E-state index in [1.165, 1.54) is 24.3 Å². The standard InChI is InChI=1S/C19H19N3O4S/c1-12-5-4-6-13(2)18(12)22-27(24,25)16-9-7-15(8-10-16)19(23)20-17-11-14(3)26-21-17/h4-11,22H,1-3H3,(H,20,21,23). The van der Waals surface area contributed by atoms with Gasteiger partial charge in [-0.3, -0.25) is 9.52 Å². The molecule has 3 rings (SSSR count). The van der Waals surface area contributed by atoms with Crippen LogP contribution in [0.1, 0.15) is 27.2 Å². The van der Waals surface area contributed by atoms with E-state index in [0.29, 0.717) is 22.8 Å². The average molecular weight is 385 g/mol. The summed E-state index contributed by atoms with van der Waals surface area (Å²) < 4.78 is 32.8. The molecule has 2 aromatic carbocycles. The van der Waals surface area contributed by atoms with Gasteiger partial charge in [0.15, 0.2) is 5.82 Å². The minimum Gasteiger partial charge on any atom is -0.360 e. The van der Waals surface area contributed by atoms with Gasteiger partial charge in [-0.25, -0.2) is 8.42 Å². The summed E-state index contributed by atoms with van der Waals surface area (Å²) in [6.45, 7) is 5.39. The molecule has 0 bridgehead atoms. The van der Waals surface area contributed by atoms with Gasteiger partial charge in [0.25, 0.3) is 15.9 Å². The molecule has 0 radical (unpaired) electrons. The van der Waals surface area contributed by atoms with E-state index < -0.39 is 15.9 Å². The highest BCUT2D eigenvalue weighted by molar-refractivity contribution is 7.92. The van der Waals surface area contributed by atoms with Crippen molar-refractivity contribution in [2.24, 2.45) is 0 Å². The second kappa shape index (κ2) is 7.24. The van der Waals surface area contributed by atoms with E-state index in [4.69, 9.17) is 4.52 Å². The summed E-state index contributed by atoms with van der Waals surface area (Å²) in [7, 11) is -3.77. The third-order valence-electron chi connectivity index (χ3n) is 4.01. The summed E-state index contributed by atoms with van der Waals surface area (Å²) in [5.74, 6) is 0.463. The molecule has 2 N–H and O–H groups in total. The third-order valence-corrected chi connectivity index (χ3v) is 5.38. The number of carbonyl (C=O) groups is 1. The largest absolute Gasteiger partial charge is 0.360 e. The van der Waals surface area contributed by atoms with Crippen molar-refractivity contribution in [3.8, 4) is 0 Å². The number of nitrogens with zero attached hydrogens (tertiary/aromatic N) is 1. The van der Waals surface area contributed by atoms with Crippen LogP contribution in [0.3, 0.4) is 0 Å². The molecule has 0 atom stereocenters. The molecule has 0 aliphatic heterocycles. The van der Waals surface area contributed by atoms with Crippen LogP contribution in [0.4, 0.5) is 11.5 Å². The quantitative estimate of drug-likeness (QED) is 0.698. The number of sulfonamides is 1. The van der Waals surface area contributed by atoms with Crippen molar-refractivity contribution in [3.05, 3.63) is 71.0 Å². The molecule has 1 amide bonds. The fourth-order valence-electron chi connectivity index (χ4n) is 2.57. The van der Waals surface area contributed by atoms with Gasteiger partial charge in [0.05, 0.1) is 10.6 Å². The van der Waals surface area contributed by atoms with Crippen molar-refractivity contribution in [3.63, 3.8) is 0 Å². The molecule has 0 aliphatic rings. The van der Waals surface area contributed by atoms with E-state index in [-0.39, 0.29) is 4.90 Å². The Morgan fingerprint density at radius 2 is 1.63 bits per heavy atom. The third kappa shape index (κ3) is 4.17. The number of aromatic nitrogens is 1. The zero-order valence-electron chi connectivity index (χ0n) is 15.1. The molecule has 0 saturated heterocycles. The monoisotopic (exact) mass is 385 g/mol. The highest BCUT2D eigenvalue weighted by Gasteiger charge is 2.17. The minimum atomic E-state index is -3.77. The van der Waals surface area contributed by atoms with Crippen LogP contribution in [0.5, 0.6) is 0 Å². The first-order valence-corrected chi connectivity index (χ1v) is 9.68. The van der Waals surface area contributed by atoms with Crippen molar-refractivity contribution in [1.82, 2.24) is 5.16 Å². The Bertz CT molecular complexity index is 1070. The van der Waals surface area contributed by atoms with Gasteiger partial charge in [0, 0.05) is 11.6 Å². The Morgan fingerprint density at radius 3 is 2.19 bits per heavy atom. The molecule has 140 valence electrons. The Kier molecular flexibility index (Phi) is 5.00. The van der Waals surface area contributed by atoms with Crippen molar-refractivity contribution < 1.29 is 17.7 Å². The van der Waals surface area contributed by atoms with Gasteiger partial charge in [-0.05, 0) is 56.2 Å². The number of nitrogens with one attached hydrogen (secondary N) is 2. The smallest absolute Gasteiger partial charge is 0.261 e. The van der Waals surface area contributed by atoms with Crippen LogP contribution in [-0.2, 0) is 10.0 Å². The van der Waals surface area contributed by atoms with Crippen molar-refractivity contribution in [2.75, 3.05) is 10.0 Å². The van der Waals surface area contributed by atoms with Crippen LogP contribution >= 0.6 is 0 Å². The minimum absolute atomic E-state index is 0.0685. The second-order valence-corrected chi connectivity index (χ2v) is 7.86. The Balaban J connectivity index is 1.78. The maximum Gasteiger partial charge on any atom is 0.261 e. The van der Waals surface area contributed by atoms with Crippen LogP contribution in [0.2, 0.25) is 0 Å². The predicted octanol–water partition coefficient (Wildman–Crippen LogP) is 3.65. The lowest BCUT2D eigenvalue weighted by Gasteiger charge is -2.13. The van der Waals surface area contributed by atoms with E-state index in [1.807, 2.05) is 32.0 Å². The summed E-state index contributed by atoms with van der Waals surface area (Å²) in [5, 5.41) is 6.27. The number of para-hydroxylation sites is 1. The van der Waals surface area contributed by atoms with Crippen LogP contribution in [0.25, 0.3) is 0 Å². The zero-order valence-corrected chi connectivity index (χ0v) is 15.9. The Labute approximate surface area is 157 Å². The highest BCUT2D eigenvalue weighted by atomic mass is 32.2. The molecule has 0 fully saturated rings. The average Bonchev–Trinajstić information content (AvgIpc) is 3.03. The lowest BCUT2D eigenvalue weighted by molar-refractivity contribution is 0.102. The van der Waals surface area contributed by atoms with E-state index in [0.717, 1.165) is 11.1 Å². The fourth-order valence-corrected chi connectivity index (χ4v) is 3.77. The van der Waals surface area contributed by atoms with Gasteiger partial charge < -0.3 is 9.84 Å². The molecule has 0 unspecified atom stereocenters. The van der Waals surface area contributed by atoms with Crippen LogP contribution in [0, 0.1) is 20.8 Å². The fraction of sp³-hybridized carbons (Fsp3) is 0.158. The first-order valence-electron chi connectivity index (χ1n) is 8.20. The van der Waals surface area contributed by atoms with E-state index >= 15 is 0 Å². The van der Waals surface area contributed by atoms with Crippen LogP contribution in [0.15, 0.2) is 57.9 Å². The SMILES string of the molecule is Cc1cc(NC(=O)c2ccc(S(=O)(=O)Nc3c(C)cccc3C)cc2)no1. The number of anilines is 2. The summed E-state index contributed by atoms with van der Waals surface area (Å²) in [6, 6.07) is 12.8. The molecule has 8 heteroatoms. The summed E-state index contributed by atoms with van der Waals surface area (Å²) in [6.07, 6.45) is 0. The van der Waals surface area contributed by atoms with Crippen molar-refractivity contribution in [1.29, 1.82) is 0 Å². The molecule has 1 heterocycles. The van der Waals surface area contributed by atoms with Gasteiger partial charge in [0.1, 0.15) is 5.76 Å². The molecule has 0 saturated carbocycles. The summed E-state index contributed by atoms with van der Waals surface area (Å²) >= 11 is 0. The first-order chi connectivity index (χ1) is 12.8. The Hall–Kier alpha value is -3.13. The first kappa shape index (κ1) is 18.7. The molecular weight excluding hydrogens is 366 g/mol. The topological polar surface area (TPSA) is 101 Å². The predicted molar refractivity (Wildman–Crippen MR) is 102 cm³/mol. The number of hydrogen-bond donors (Lipinski definition) is 2. The lowest BCUT2D eigenvalue weighted by Crippen LogP contribution is -2.16. The Morgan fingerprint density at radius 1 is 1.00 bits per heavy atom.